The summed E-state index contributed by atoms with van der Waals surface area (Å²) in [6.07, 6.45) is 12.9. The van der Waals surface area contributed by atoms with Crippen molar-refractivity contribution in [2.75, 3.05) is 4.90 Å². The molecule has 4 heteroatoms. The monoisotopic (exact) mass is 834 g/mol. The predicted octanol–water partition coefficient (Wildman–Crippen LogP) is 15.4. The number of hydrogen-bond acceptors (Lipinski definition) is 3. The van der Waals surface area contributed by atoms with Crippen LogP contribution in [0.3, 0.4) is 0 Å². The van der Waals surface area contributed by atoms with E-state index in [9.17, 15) is 0 Å². The summed E-state index contributed by atoms with van der Waals surface area (Å²) in [5.41, 5.74) is 22.1. The first kappa shape index (κ1) is 37.7. The van der Waals surface area contributed by atoms with Gasteiger partial charge in [0.25, 0.3) is 0 Å². The predicted molar refractivity (Wildman–Crippen MR) is 270 cm³/mol. The van der Waals surface area contributed by atoms with Crippen LogP contribution in [-0.4, -0.2) is 20.6 Å². The first-order valence-corrected chi connectivity index (χ1v) is 23.0. The lowest BCUT2D eigenvalue weighted by molar-refractivity contribution is 0.651. The molecular weight excluding hydrogens is 789 g/mol. The Bertz CT molecular complexity index is 3470. The van der Waals surface area contributed by atoms with Crippen LogP contribution >= 0.6 is 0 Å². The summed E-state index contributed by atoms with van der Waals surface area (Å²) in [4.78, 5) is 12.9. The van der Waals surface area contributed by atoms with E-state index in [1.165, 1.54) is 77.7 Å². The summed E-state index contributed by atoms with van der Waals surface area (Å²) in [5, 5.41) is 2.47. The van der Waals surface area contributed by atoms with Gasteiger partial charge in [-0.15, -0.1) is 0 Å². The van der Waals surface area contributed by atoms with Crippen molar-refractivity contribution in [1.82, 2.24) is 14.5 Å². The van der Waals surface area contributed by atoms with Crippen LogP contribution in [0.5, 0.6) is 0 Å². The lowest BCUT2D eigenvalue weighted by Crippen LogP contribution is -2.27. The van der Waals surface area contributed by atoms with E-state index in [1.807, 2.05) is 12.1 Å². The molecule has 0 N–H and O–H groups in total. The fourth-order valence-electron chi connectivity index (χ4n) is 11.2. The van der Waals surface area contributed by atoms with Gasteiger partial charge in [-0.3, -0.25) is 0 Å². The van der Waals surface area contributed by atoms with Gasteiger partial charge in [0.15, 0.2) is 5.82 Å². The van der Waals surface area contributed by atoms with E-state index in [4.69, 9.17) is 9.97 Å². The molecule has 1 unspecified atom stereocenters. The Morgan fingerprint density at radius 2 is 1.25 bits per heavy atom. The van der Waals surface area contributed by atoms with E-state index in [-0.39, 0.29) is 11.5 Å². The van der Waals surface area contributed by atoms with Gasteiger partial charge >= 0.3 is 0 Å². The number of hydrogen-bond donors (Lipinski definition) is 0. The second kappa shape index (κ2) is 14.6. The van der Waals surface area contributed by atoms with Crippen molar-refractivity contribution in [2.24, 2.45) is 0 Å². The highest BCUT2D eigenvalue weighted by Crippen LogP contribution is 2.56. The number of fused-ring (bicyclic) bond motifs is 8. The number of para-hydroxylation sites is 2. The molecule has 2 aromatic heterocycles. The number of allylic oxidation sites excluding steroid dienone is 6. The molecule has 0 radical (unpaired) electrons. The van der Waals surface area contributed by atoms with E-state index in [0.717, 1.165) is 53.0 Å². The molecule has 0 spiro atoms. The molecule has 0 amide bonds. The number of rotatable bonds is 6. The lowest BCUT2D eigenvalue weighted by atomic mass is 9.79. The number of aromatic nitrogens is 3. The van der Waals surface area contributed by atoms with E-state index >= 15 is 0 Å². The van der Waals surface area contributed by atoms with Gasteiger partial charge in [0.2, 0.25) is 0 Å². The van der Waals surface area contributed by atoms with Crippen molar-refractivity contribution in [3.63, 3.8) is 0 Å². The highest BCUT2D eigenvalue weighted by atomic mass is 15.2. The van der Waals surface area contributed by atoms with Gasteiger partial charge in [-0.2, -0.15) is 0 Å². The summed E-state index contributed by atoms with van der Waals surface area (Å²) in [5.74, 6) is 0.700. The molecule has 0 bridgehead atoms. The van der Waals surface area contributed by atoms with E-state index in [1.54, 1.807) is 0 Å². The van der Waals surface area contributed by atoms with Gasteiger partial charge in [-0.05, 0) is 125 Å². The molecule has 310 valence electrons. The summed E-state index contributed by atoms with van der Waals surface area (Å²) in [7, 11) is 0. The van der Waals surface area contributed by atoms with Crippen LogP contribution in [0.15, 0.2) is 206 Å². The van der Waals surface area contributed by atoms with Crippen LogP contribution in [0.4, 0.5) is 11.4 Å². The average Bonchev–Trinajstić information content (AvgIpc) is 3.96. The van der Waals surface area contributed by atoms with Crippen molar-refractivity contribution >= 4 is 49.9 Å². The summed E-state index contributed by atoms with van der Waals surface area (Å²) in [6, 6.07) is 63.8. The van der Waals surface area contributed by atoms with Crippen molar-refractivity contribution in [3.05, 3.63) is 228 Å². The molecule has 0 fully saturated rings. The molecule has 1 atom stereocenters. The molecule has 3 aliphatic carbocycles. The van der Waals surface area contributed by atoms with Gasteiger partial charge in [-0.25, -0.2) is 9.97 Å². The van der Waals surface area contributed by atoms with E-state index in [0.29, 0.717) is 5.82 Å². The van der Waals surface area contributed by atoms with E-state index in [2.05, 4.69) is 211 Å². The molecule has 0 saturated heterocycles. The molecular formula is C61H46N4. The SMILES string of the molecule is CC1(C)C2=C(CCC=C2)c2cc3c(cc21)N(c1ccccc1)C1CC=C(c2ccc4c(c2)c2ccccc2n4-c2cccc(-c4nc(-c5ccccc5)cc(-c5ccccc5)n4)c2)C=C31. The molecule has 4 nitrogen and oxygen atoms in total. The Morgan fingerprint density at radius 3 is 2.02 bits per heavy atom. The second-order valence-electron chi connectivity index (χ2n) is 18.4. The zero-order valence-corrected chi connectivity index (χ0v) is 36.5. The number of benzene rings is 7. The zero-order valence-electron chi connectivity index (χ0n) is 36.5. The van der Waals surface area contributed by atoms with Crippen molar-refractivity contribution in [2.45, 2.75) is 44.6 Å². The molecule has 4 aliphatic rings. The minimum absolute atomic E-state index is 0.0203. The first-order valence-electron chi connectivity index (χ1n) is 23.0. The Hall–Kier alpha value is -7.82. The van der Waals surface area contributed by atoms with Gasteiger partial charge in [0.05, 0.1) is 28.5 Å². The number of anilines is 2. The van der Waals surface area contributed by atoms with Crippen LogP contribution in [0.2, 0.25) is 0 Å². The molecule has 9 aromatic rings. The van der Waals surface area contributed by atoms with Crippen LogP contribution in [-0.2, 0) is 5.41 Å². The van der Waals surface area contributed by atoms with Gasteiger partial charge < -0.3 is 9.47 Å². The third-order valence-electron chi connectivity index (χ3n) is 14.4. The Balaban J connectivity index is 0.916. The first-order chi connectivity index (χ1) is 32.0. The third-order valence-corrected chi connectivity index (χ3v) is 14.4. The summed E-state index contributed by atoms with van der Waals surface area (Å²) < 4.78 is 2.40. The fourth-order valence-corrected chi connectivity index (χ4v) is 11.2. The van der Waals surface area contributed by atoms with Crippen LogP contribution in [0.1, 0.15) is 55.4 Å². The smallest absolute Gasteiger partial charge is 0.160 e. The van der Waals surface area contributed by atoms with Crippen molar-refractivity contribution < 1.29 is 0 Å². The highest BCUT2D eigenvalue weighted by molar-refractivity contribution is 6.11. The third kappa shape index (κ3) is 5.97. The van der Waals surface area contributed by atoms with Gasteiger partial charge in [0, 0.05) is 55.5 Å². The fraction of sp³-hybridized carbons (Fsp3) is 0.115. The van der Waals surface area contributed by atoms with Gasteiger partial charge in [-0.1, -0.05) is 147 Å². The topological polar surface area (TPSA) is 34.0 Å². The van der Waals surface area contributed by atoms with E-state index < -0.39 is 0 Å². The van der Waals surface area contributed by atoms with Crippen molar-refractivity contribution in [1.29, 1.82) is 0 Å². The minimum Gasteiger partial charge on any atom is -0.333 e. The Kier molecular flexibility index (Phi) is 8.48. The zero-order chi connectivity index (χ0) is 43.2. The maximum atomic E-state index is 5.17. The van der Waals surface area contributed by atoms with Crippen LogP contribution < -0.4 is 4.90 Å². The van der Waals surface area contributed by atoms with Crippen molar-refractivity contribution in [3.8, 4) is 39.6 Å². The molecule has 3 heterocycles. The summed E-state index contributed by atoms with van der Waals surface area (Å²) in [6.45, 7) is 4.82. The largest absolute Gasteiger partial charge is 0.333 e. The highest BCUT2D eigenvalue weighted by Gasteiger charge is 2.42. The molecule has 13 rings (SSSR count). The summed E-state index contributed by atoms with van der Waals surface area (Å²) >= 11 is 0. The van der Waals surface area contributed by atoms with Crippen LogP contribution in [0.25, 0.3) is 78.1 Å². The maximum Gasteiger partial charge on any atom is 0.160 e. The minimum atomic E-state index is -0.0203. The quantitative estimate of drug-likeness (QED) is 0.167. The molecule has 0 saturated carbocycles. The number of nitrogens with zero attached hydrogens (tertiary/aromatic N) is 4. The molecule has 1 aliphatic heterocycles. The molecule has 7 aromatic carbocycles. The second-order valence-corrected chi connectivity index (χ2v) is 18.4. The maximum absolute atomic E-state index is 5.17. The van der Waals surface area contributed by atoms with Crippen LogP contribution in [0, 0.1) is 0 Å². The lowest BCUT2D eigenvalue weighted by Gasteiger charge is -2.30. The normalized spacial score (nSPS) is 16.9. The average molecular weight is 835 g/mol. The Morgan fingerprint density at radius 1 is 0.569 bits per heavy atom. The Labute approximate surface area is 379 Å². The standard InChI is InChI=1S/C61H46N4/c1-61(2)52-27-14-12-25-46(52)48-36-51-50-35-42(30-32-58(50)64(59(51)37-53(48)61)44-22-10-5-11-23-44)41-29-31-57-49(34-41)47-26-13-15-28-56(47)65(57)45-24-16-21-43(33-45)60-62-54(39-17-6-3-7-18-39)38-55(63-60)40-19-8-4-9-20-40/h3-11,13-24,26-31,33-38,58H,12,25,32H2,1-2H3. The molecule has 65 heavy (non-hydrogen) atoms. The van der Waals surface area contributed by atoms with Gasteiger partial charge in [0.1, 0.15) is 0 Å².